The Morgan fingerprint density at radius 1 is 1.05 bits per heavy atom. The summed E-state index contributed by atoms with van der Waals surface area (Å²) >= 11 is 0. The van der Waals surface area contributed by atoms with Crippen molar-refractivity contribution in [2.75, 3.05) is 39.9 Å². The quantitative estimate of drug-likeness (QED) is 0.145. The number of phenolic OH excluding ortho intramolecular Hbond substituents is 2. The van der Waals surface area contributed by atoms with Crippen molar-refractivity contribution in [3.63, 3.8) is 0 Å². The number of rotatable bonds is 14. The standard InChI is InChI=1S/C24H26N2O5.C9H20N2O/c1-15(2)18-11-19(22(29)12-21(18)28)24-23(20(14-27)25-31-24)17-5-3-16(4-6-17)13-26-7-9-30-10-8-26;1-11-8-6-4-2-3-5-7-9(10)12/h3-6,11-12,14-15,28-29H,7-10,13H2,1-2H3;11H,2-8H2,1H3,(H2,10,12). The van der Waals surface area contributed by atoms with Gasteiger partial charge in [0.1, 0.15) is 11.5 Å². The molecule has 43 heavy (non-hydrogen) atoms. The Labute approximate surface area is 254 Å². The number of morpholine rings is 1. The number of nitrogens with two attached hydrogens (primary N) is 1. The number of aromatic nitrogens is 1. The SMILES string of the molecule is CC(C)c1cc(-c2onc(C=O)c2-c2ccc(CN3CCOCC3)cc2)c(O)cc1O.CNCCCCCCCC(N)=O. The first-order valence-electron chi connectivity index (χ1n) is 15.1. The highest BCUT2D eigenvalue weighted by Gasteiger charge is 2.23. The van der Waals surface area contributed by atoms with Crippen molar-refractivity contribution in [3.8, 4) is 33.9 Å². The molecule has 10 nitrogen and oxygen atoms in total. The zero-order chi connectivity index (χ0) is 31.2. The zero-order valence-corrected chi connectivity index (χ0v) is 25.6. The van der Waals surface area contributed by atoms with E-state index in [2.05, 4.69) is 15.4 Å². The number of carbonyl (C=O) groups is 2. The van der Waals surface area contributed by atoms with Crippen molar-refractivity contribution < 1.29 is 29.1 Å². The van der Waals surface area contributed by atoms with Crippen molar-refractivity contribution in [2.45, 2.75) is 64.8 Å². The van der Waals surface area contributed by atoms with Crippen LogP contribution in [0.4, 0.5) is 0 Å². The van der Waals surface area contributed by atoms with Gasteiger partial charge < -0.3 is 30.5 Å². The van der Waals surface area contributed by atoms with E-state index in [4.69, 9.17) is 15.0 Å². The van der Waals surface area contributed by atoms with Gasteiger partial charge in [0.05, 0.1) is 24.3 Å². The third-order valence-corrected chi connectivity index (χ3v) is 7.44. The van der Waals surface area contributed by atoms with Crippen LogP contribution in [0.15, 0.2) is 40.9 Å². The Hall–Kier alpha value is -3.73. The Morgan fingerprint density at radius 3 is 2.35 bits per heavy atom. The minimum absolute atomic E-state index is 0.0143. The average Bonchev–Trinajstić information content (AvgIpc) is 3.41. The second-order valence-corrected chi connectivity index (χ2v) is 11.1. The van der Waals surface area contributed by atoms with E-state index in [0.29, 0.717) is 35.2 Å². The number of nitrogens with one attached hydrogen (secondary N) is 1. The van der Waals surface area contributed by atoms with E-state index in [0.717, 1.165) is 63.4 Å². The van der Waals surface area contributed by atoms with Crippen LogP contribution in [0.1, 0.15) is 79.9 Å². The maximum atomic E-state index is 11.6. The molecule has 1 aliphatic rings. The lowest BCUT2D eigenvalue weighted by molar-refractivity contribution is -0.118. The summed E-state index contributed by atoms with van der Waals surface area (Å²) in [5.41, 5.74) is 8.66. The maximum Gasteiger partial charge on any atom is 0.217 e. The van der Waals surface area contributed by atoms with E-state index in [-0.39, 0.29) is 29.0 Å². The fourth-order valence-electron chi connectivity index (χ4n) is 5.01. The molecule has 1 aromatic heterocycles. The molecular formula is C33H46N4O6. The Bertz CT molecular complexity index is 1300. The number of hydrogen-bond donors (Lipinski definition) is 4. The highest BCUT2D eigenvalue weighted by Crippen LogP contribution is 2.42. The number of amides is 1. The van der Waals surface area contributed by atoms with Crippen molar-refractivity contribution in [2.24, 2.45) is 5.73 Å². The summed E-state index contributed by atoms with van der Waals surface area (Å²) in [4.78, 5) is 24.3. The van der Waals surface area contributed by atoms with E-state index in [1.54, 1.807) is 6.07 Å². The third-order valence-electron chi connectivity index (χ3n) is 7.44. The van der Waals surface area contributed by atoms with E-state index >= 15 is 0 Å². The van der Waals surface area contributed by atoms with Gasteiger partial charge in [-0.1, -0.05) is 62.5 Å². The van der Waals surface area contributed by atoms with Gasteiger partial charge in [-0.15, -0.1) is 0 Å². The first kappa shape index (κ1) is 33.8. The van der Waals surface area contributed by atoms with Crippen LogP contribution < -0.4 is 11.1 Å². The van der Waals surface area contributed by atoms with E-state index in [1.165, 1.54) is 25.3 Å². The minimum Gasteiger partial charge on any atom is -0.508 e. The van der Waals surface area contributed by atoms with Gasteiger partial charge in [-0.2, -0.15) is 0 Å². The maximum absolute atomic E-state index is 11.6. The molecule has 1 aliphatic heterocycles. The molecule has 5 N–H and O–H groups in total. The highest BCUT2D eigenvalue weighted by molar-refractivity contribution is 5.93. The van der Waals surface area contributed by atoms with Crippen LogP contribution in [0.2, 0.25) is 0 Å². The lowest BCUT2D eigenvalue weighted by Crippen LogP contribution is -2.35. The van der Waals surface area contributed by atoms with E-state index < -0.39 is 0 Å². The fraction of sp³-hybridized carbons (Fsp3) is 0.485. The number of nitrogens with zero attached hydrogens (tertiary/aromatic N) is 2. The van der Waals surface area contributed by atoms with Gasteiger partial charge in [-0.3, -0.25) is 14.5 Å². The largest absolute Gasteiger partial charge is 0.508 e. The number of aldehydes is 1. The molecule has 0 bridgehead atoms. The minimum atomic E-state index is -0.176. The number of hydrogen-bond acceptors (Lipinski definition) is 9. The van der Waals surface area contributed by atoms with Crippen molar-refractivity contribution in [3.05, 3.63) is 53.2 Å². The predicted octanol–water partition coefficient (Wildman–Crippen LogP) is 5.22. The molecule has 2 heterocycles. The van der Waals surface area contributed by atoms with Crippen LogP contribution in [-0.4, -0.2) is 72.4 Å². The number of benzene rings is 2. The summed E-state index contributed by atoms with van der Waals surface area (Å²) in [5, 5.41) is 27.6. The second-order valence-electron chi connectivity index (χ2n) is 11.1. The van der Waals surface area contributed by atoms with Gasteiger partial charge in [-0.05, 0) is 55.1 Å². The lowest BCUT2D eigenvalue weighted by Gasteiger charge is -2.26. The Kier molecular flexibility index (Phi) is 13.7. The first-order chi connectivity index (χ1) is 20.7. The van der Waals surface area contributed by atoms with Crippen LogP contribution in [0.3, 0.4) is 0 Å². The topological polar surface area (TPSA) is 151 Å². The van der Waals surface area contributed by atoms with Gasteiger partial charge >= 0.3 is 0 Å². The van der Waals surface area contributed by atoms with Crippen molar-refractivity contribution >= 4 is 12.2 Å². The summed E-state index contributed by atoms with van der Waals surface area (Å²) in [6.07, 6.45) is 6.97. The van der Waals surface area contributed by atoms with Gasteiger partial charge in [0.2, 0.25) is 5.91 Å². The molecule has 0 unspecified atom stereocenters. The summed E-state index contributed by atoms with van der Waals surface area (Å²) in [6.45, 7) is 9.13. The molecule has 1 amide bonds. The molecular weight excluding hydrogens is 548 g/mol. The summed E-state index contributed by atoms with van der Waals surface area (Å²) in [5.74, 6) is 0.0319. The lowest BCUT2D eigenvalue weighted by atomic mass is 9.94. The molecule has 0 saturated carbocycles. The van der Waals surface area contributed by atoms with Crippen LogP contribution in [0.5, 0.6) is 11.5 Å². The number of ether oxygens (including phenoxy) is 1. The van der Waals surface area contributed by atoms with Crippen molar-refractivity contribution in [1.29, 1.82) is 0 Å². The van der Waals surface area contributed by atoms with Crippen LogP contribution in [0, 0.1) is 0 Å². The van der Waals surface area contributed by atoms with Gasteiger partial charge in [0, 0.05) is 32.1 Å². The molecule has 3 aromatic rings. The second kappa shape index (κ2) is 17.4. The van der Waals surface area contributed by atoms with Crippen LogP contribution in [-0.2, 0) is 16.1 Å². The van der Waals surface area contributed by atoms with Gasteiger partial charge in [0.25, 0.3) is 0 Å². The molecule has 4 rings (SSSR count). The molecule has 0 spiro atoms. The number of phenols is 2. The molecule has 0 atom stereocenters. The van der Waals surface area contributed by atoms with Crippen molar-refractivity contribution in [1.82, 2.24) is 15.4 Å². The number of primary amides is 1. The summed E-state index contributed by atoms with van der Waals surface area (Å²) < 4.78 is 10.9. The number of carbonyl (C=O) groups excluding carboxylic acids is 2. The third kappa shape index (κ3) is 10.2. The fourth-order valence-corrected chi connectivity index (χ4v) is 5.01. The number of unbranched alkanes of at least 4 members (excludes halogenated alkanes) is 4. The normalized spacial score (nSPS) is 13.5. The predicted molar refractivity (Wildman–Crippen MR) is 167 cm³/mol. The Morgan fingerprint density at radius 2 is 1.72 bits per heavy atom. The molecule has 1 fully saturated rings. The highest BCUT2D eigenvalue weighted by atomic mass is 16.5. The first-order valence-corrected chi connectivity index (χ1v) is 15.1. The number of aromatic hydroxyl groups is 2. The van der Waals surface area contributed by atoms with Gasteiger partial charge in [-0.25, -0.2) is 0 Å². The van der Waals surface area contributed by atoms with E-state index in [9.17, 15) is 19.8 Å². The summed E-state index contributed by atoms with van der Waals surface area (Å²) in [6, 6.07) is 10.9. The molecule has 234 valence electrons. The molecule has 0 radical (unpaired) electrons. The molecule has 2 aromatic carbocycles. The molecule has 1 saturated heterocycles. The van der Waals surface area contributed by atoms with Crippen LogP contribution in [0.25, 0.3) is 22.5 Å². The Balaban J connectivity index is 0.000000359. The smallest absolute Gasteiger partial charge is 0.217 e. The van der Waals surface area contributed by atoms with Crippen LogP contribution >= 0.6 is 0 Å². The average molecular weight is 595 g/mol. The molecule has 0 aliphatic carbocycles. The zero-order valence-electron chi connectivity index (χ0n) is 25.6. The van der Waals surface area contributed by atoms with Gasteiger partial charge in [0.15, 0.2) is 17.7 Å². The van der Waals surface area contributed by atoms with E-state index in [1.807, 2.05) is 45.2 Å². The molecule has 10 heteroatoms. The summed E-state index contributed by atoms with van der Waals surface area (Å²) in [7, 11) is 1.97. The monoisotopic (exact) mass is 594 g/mol.